The van der Waals surface area contributed by atoms with Gasteiger partial charge in [0.05, 0.1) is 6.10 Å². The number of aryl methyl sites for hydroxylation is 1. The largest absolute Gasteiger partial charge is 0.387 e. The van der Waals surface area contributed by atoms with Crippen molar-refractivity contribution < 1.29 is 5.11 Å². The van der Waals surface area contributed by atoms with Crippen molar-refractivity contribution in [3.8, 4) is 0 Å². The number of hydrogen-bond donors (Lipinski definition) is 1. The summed E-state index contributed by atoms with van der Waals surface area (Å²) in [6.45, 7) is 9.62. The van der Waals surface area contributed by atoms with Gasteiger partial charge in [-0.15, -0.1) is 0 Å². The molecule has 0 saturated carbocycles. The number of β-amino-alcohol motifs (C(OH)–C–C–N with tert-alkyl or cyclic N) is 1. The van der Waals surface area contributed by atoms with Crippen molar-refractivity contribution >= 4 is 0 Å². The van der Waals surface area contributed by atoms with Gasteiger partial charge in [-0.3, -0.25) is 4.90 Å². The SMILES string of the molecule is Cc1ccccc1C(O)CN1CCC(C)(C)C1. The number of aliphatic hydroxyl groups is 1. The van der Waals surface area contributed by atoms with Gasteiger partial charge >= 0.3 is 0 Å². The molecule has 1 atom stereocenters. The number of aliphatic hydroxyl groups excluding tert-OH is 1. The predicted molar refractivity (Wildman–Crippen MR) is 71.0 cm³/mol. The molecule has 2 rings (SSSR count). The van der Waals surface area contributed by atoms with Crippen molar-refractivity contribution in [3.05, 3.63) is 35.4 Å². The zero-order chi connectivity index (χ0) is 12.5. The summed E-state index contributed by atoms with van der Waals surface area (Å²) < 4.78 is 0. The molecule has 0 aliphatic carbocycles. The highest BCUT2D eigenvalue weighted by Gasteiger charge is 2.30. The van der Waals surface area contributed by atoms with Gasteiger partial charge in [-0.2, -0.15) is 0 Å². The number of likely N-dealkylation sites (tertiary alicyclic amines) is 1. The molecule has 1 unspecified atom stereocenters. The fourth-order valence-corrected chi connectivity index (χ4v) is 2.68. The van der Waals surface area contributed by atoms with E-state index in [0.29, 0.717) is 5.41 Å². The Morgan fingerprint density at radius 1 is 1.35 bits per heavy atom. The van der Waals surface area contributed by atoms with Crippen molar-refractivity contribution in [1.82, 2.24) is 4.90 Å². The Labute approximate surface area is 104 Å². The minimum absolute atomic E-state index is 0.356. The number of nitrogens with zero attached hydrogens (tertiary/aromatic N) is 1. The van der Waals surface area contributed by atoms with Crippen LogP contribution in [0, 0.1) is 12.3 Å². The van der Waals surface area contributed by atoms with Crippen LogP contribution in [0.1, 0.15) is 37.5 Å². The van der Waals surface area contributed by atoms with Crippen LogP contribution in [0.15, 0.2) is 24.3 Å². The Hall–Kier alpha value is -0.860. The summed E-state index contributed by atoms with van der Waals surface area (Å²) in [5, 5.41) is 10.3. The van der Waals surface area contributed by atoms with E-state index in [-0.39, 0.29) is 6.10 Å². The van der Waals surface area contributed by atoms with E-state index in [1.807, 2.05) is 18.2 Å². The van der Waals surface area contributed by atoms with Gasteiger partial charge in [0.25, 0.3) is 0 Å². The first kappa shape index (κ1) is 12.6. The molecular formula is C15H23NO. The van der Waals surface area contributed by atoms with Crippen LogP contribution in [0.3, 0.4) is 0 Å². The summed E-state index contributed by atoms with van der Waals surface area (Å²) in [5.74, 6) is 0. The lowest BCUT2D eigenvalue weighted by atomic mass is 9.93. The van der Waals surface area contributed by atoms with E-state index in [2.05, 4.69) is 31.7 Å². The lowest BCUT2D eigenvalue weighted by Crippen LogP contribution is -2.28. The molecule has 1 aliphatic rings. The molecule has 1 saturated heterocycles. The Balaban J connectivity index is 1.99. The zero-order valence-corrected chi connectivity index (χ0v) is 11.1. The van der Waals surface area contributed by atoms with Crippen LogP contribution in [0.4, 0.5) is 0 Å². The second-order valence-corrected chi connectivity index (χ2v) is 6.02. The highest BCUT2D eigenvalue weighted by Crippen LogP contribution is 2.30. The molecule has 1 aliphatic heterocycles. The first-order chi connectivity index (χ1) is 7.98. The Morgan fingerprint density at radius 2 is 2.06 bits per heavy atom. The minimum atomic E-state index is -0.356. The molecule has 1 fully saturated rings. The fraction of sp³-hybridized carbons (Fsp3) is 0.600. The lowest BCUT2D eigenvalue weighted by Gasteiger charge is -2.23. The molecule has 1 heterocycles. The quantitative estimate of drug-likeness (QED) is 0.867. The number of rotatable bonds is 3. The van der Waals surface area contributed by atoms with Gasteiger partial charge in [0.2, 0.25) is 0 Å². The van der Waals surface area contributed by atoms with Crippen LogP contribution in [-0.4, -0.2) is 29.6 Å². The van der Waals surface area contributed by atoms with Gasteiger partial charge in [0.15, 0.2) is 0 Å². The third-order valence-corrected chi connectivity index (χ3v) is 3.74. The molecule has 2 nitrogen and oxygen atoms in total. The maximum atomic E-state index is 10.3. The van der Waals surface area contributed by atoms with Crippen LogP contribution >= 0.6 is 0 Å². The first-order valence-corrected chi connectivity index (χ1v) is 6.44. The summed E-state index contributed by atoms with van der Waals surface area (Å²) in [6.07, 6.45) is 0.873. The summed E-state index contributed by atoms with van der Waals surface area (Å²) in [6, 6.07) is 8.11. The third-order valence-electron chi connectivity index (χ3n) is 3.74. The maximum absolute atomic E-state index is 10.3. The van der Waals surface area contributed by atoms with Crippen LogP contribution < -0.4 is 0 Å². The predicted octanol–water partition coefficient (Wildman–Crippen LogP) is 2.76. The van der Waals surface area contributed by atoms with Crippen molar-refractivity contribution in [2.45, 2.75) is 33.3 Å². The molecule has 1 aromatic carbocycles. The molecule has 2 heteroatoms. The van der Waals surface area contributed by atoms with Gasteiger partial charge in [-0.05, 0) is 36.4 Å². The van der Waals surface area contributed by atoms with E-state index in [9.17, 15) is 5.11 Å². The highest BCUT2D eigenvalue weighted by atomic mass is 16.3. The molecule has 17 heavy (non-hydrogen) atoms. The molecule has 0 radical (unpaired) electrons. The monoisotopic (exact) mass is 233 g/mol. The zero-order valence-electron chi connectivity index (χ0n) is 11.1. The van der Waals surface area contributed by atoms with E-state index in [1.165, 1.54) is 12.0 Å². The minimum Gasteiger partial charge on any atom is -0.387 e. The smallest absolute Gasteiger partial charge is 0.0919 e. The topological polar surface area (TPSA) is 23.5 Å². The summed E-state index contributed by atoms with van der Waals surface area (Å²) in [4.78, 5) is 2.37. The molecule has 0 aromatic heterocycles. The number of benzene rings is 1. The molecule has 94 valence electrons. The van der Waals surface area contributed by atoms with E-state index >= 15 is 0 Å². The third kappa shape index (κ3) is 3.08. The van der Waals surface area contributed by atoms with E-state index < -0.39 is 0 Å². The molecule has 0 amide bonds. The molecular weight excluding hydrogens is 210 g/mol. The second kappa shape index (κ2) is 4.79. The average Bonchev–Trinajstić information content (AvgIpc) is 2.58. The summed E-state index contributed by atoms with van der Waals surface area (Å²) >= 11 is 0. The highest BCUT2D eigenvalue weighted by molar-refractivity contribution is 5.27. The standard InChI is InChI=1S/C15H23NO/c1-12-6-4-5-7-13(12)14(17)10-16-9-8-15(2,3)11-16/h4-7,14,17H,8-11H2,1-3H3. The molecule has 0 bridgehead atoms. The van der Waals surface area contributed by atoms with Gasteiger partial charge in [-0.25, -0.2) is 0 Å². The van der Waals surface area contributed by atoms with Crippen LogP contribution in [0.2, 0.25) is 0 Å². The van der Waals surface area contributed by atoms with E-state index in [1.54, 1.807) is 0 Å². The molecule has 1 aromatic rings. The fourth-order valence-electron chi connectivity index (χ4n) is 2.68. The summed E-state index contributed by atoms with van der Waals surface area (Å²) in [7, 11) is 0. The van der Waals surface area contributed by atoms with Gasteiger partial charge in [-0.1, -0.05) is 38.1 Å². The van der Waals surface area contributed by atoms with Crippen molar-refractivity contribution in [3.63, 3.8) is 0 Å². The Kier molecular flexibility index (Phi) is 3.55. The van der Waals surface area contributed by atoms with Gasteiger partial charge in [0.1, 0.15) is 0 Å². The van der Waals surface area contributed by atoms with Crippen molar-refractivity contribution in [2.75, 3.05) is 19.6 Å². The van der Waals surface area contributed by atoms with Crippen molar-refractivity contribution in [1.29, 1.82) is 0 Å². The van der Waals surface area contributed by atoms with Crippen molar-refractivity contribution in [2.24, 2.45) is 5.41 Å². The van der Waals surface area contributed by atoms with Crippen LogP contribution in [0.25, 0.3) is 0 Å². The van der Waals surface area contributed by atoms with E-state index in [4.69, 9.17) is 0 Å². The Bertz CT molecular complexity index is 386. The van der Waals surface area contributed by atoms with Crippen LogP contribution in [0.5, 0.6) is 0 Å². The lowest BCUT2D eigenvalue weighted by molar-refractivity contribution is 0.120. The normalized spacial score (nSPS) is 21.6. The molecule has 0 spiro atoms. The maximum Gasteiger partial charge on any atom is 0.0919 e. The average molecular weight is 233 g/mol. The van der Waals surface area contributed by atoms with Gasteiger partial charge in [0, 0.05) is 13.1 Å². The van der Waals surface area contributed by atoms with E-state index in [0.717, 1.165) is 25.2 Å². The molecule has 1 N–H and O–H groups in total. The second-order valence-electron chi connectivity index (χ2n) is 6.02. The Morgan fingerprint density at radius 3 is 2.65 bits per heavy atom. The summed E-state index contributed by atoms with van der Waals surface area (Å²) in [5.41, 5.74) is 2.65. The number of hydrogen-bond acceptors (Lipinski definition) is 2. The van der Waals surface area contributed by atoms with Crippen LogP contribution in [-0.2, 0) is 0 Å². The first-order valence-electron chi connectivity index (χ1n) is 6.44. The van der Waals surface area contributed by atoms with Gasteiger partial charge < -0.3 is 5.11 Å².